The van der Waals surface area contributed by atoms with Crippen molar-refractivity contribution in [2.75, 3.05) is 12.0 Å². The van der Waals surface area contributed by atoms with Gasteiger partial charge in [0.25, 0.3) is 0 Å². The Morgan fingerprint density at radius 2 is 2.00 bits per heavy atom. The smallest absolute Gasteiger partial charge is 0.177 e. The first-order chi connectivity index (χ1) is 11.9. The highest BCUT2D eigenvalue weighted by atomic mass is 32.2. The van der Waals surface area contributed by atoms with Crippen LogP contribution in [0.15, 0.2) is 45.0 Å². The van der Waals surface area contributed by atoms with Crippen molar-refractivity contribution < 1.29 is 17.6 Å². The number of carbonyl (C=O) groups is 1. The summed E-state index contributed by atoms with van der Waals surface area (Å²) in [5, 5.41) is 3.22. The molecule has 132 valence electrons. The Morgan fingerprint density at radius 3 is 2.76 bits per heavy atom. The van der Waals surface area contributed by atoms with Crippen LogP contribution in [0, 0.1) is 5.82 Å². The molecule has 2 aliphatic heterocycles. The second kappa shape index (κ2) is 5.99. The van der Waals surface area contributed by atoms with Crippen molar-refractivity contribution in [3.8, 4) is 0 Å². The zero-order valence-corrected chi connectivity index (χ0v) is 15.4. The number of nitrogens with one attached hydrogen (secondary N) is 1. The lowest BCUT2D eigenvalue weighted by atomic mass is 9.79. The van der Waals surface area contributed by atoms with Crippen LogP contribution in [0.5, 0.6) is 0 Å². The number of dihydropyridines is 1. The SMILES string of the molecule is CSc1cc([C@H]2C3=C(CCCC3=O)NC3=C2S(=O)(=O)CC3)ccc1F. The van der Waals surface area contributed by atoms with Crippen molar-refractivity contribution in [3.05, 3.63) is 51.5 Å². The Bertz CT molecular complexity index is 947. The number of thioether (sulfide) groups is 1. The number of halogens is 1. The van der Waals surface area contributed by atoms with E-state index in [9.17, 15) is 17.6 Å². The minimum absolute atomic E-state index is 0.0116. The Morgan fingerprint density at radius 1 is 1.20 bits per heavy atom. The quantitative estimate of drug-likeness (QED) is 0.799. The van der Waals surface area contributed by atoms with E-state index >= 15 is 0 Å². The van der Waals surface area contributed by atoms with Crippen molar-refractivity contribution >= 4 is 27.4 Å². The molecular formula is C18H18FNO3S2. The van der Waals surface area contributed by atoms with Gasteiger partial charge in [-0.2, -0.15) is 0 Å². The molecule has 0 radical (unpaired) electrons. The number of rotatable bonds is 2. The van der Waals surface area contributed by atoms with E-state index in [2.05, 4.69) is 5.32 Å². The molecule has 0 saturated heterocycles. The van der Waals surface area contributed by atoms with E-state index in [-0.39, 0.29) is 17.4 Å². The van der Waals surface area contributed by atoms with Crippen LogP contribution in [0.1, 0.15) is 37.2 Å². The topological polar surface area (TPSA) is 63.2 Å². The molecule has 0 aromatic heterocycles. The van der Waals surface area contributed by atoms with Gasteiger partial charge in [-0.1, -0.05) is 6.07 Å². The zero-order chi connectivity index (χ0) is 17.8. The average Bonchev–Trinajstić information content (AvgIpc) is 2.89. The number of allylic oxidation sites excluding steroid dienone is 4. The molecule has 2 heterocycles. The standard InChI is InChI=1S/C18H18FNO3S2/c1-24-15-9-10(5-6-11(15)19)16-17-12(3-2-4-14(17)21)20-13-7-8-25(22,23)18(13)16/h5-6,9,16,20H,2-4,7-8H2,1H3/t16-/m0/s1. The summed E-state index contributed by atoms with van der Waals surface area (Å²) in [6.45, 7) is 0. The fourth-order valence-corrected chi connectivity index (χ4v) is 6.30. The summed E-state index contributed by atoms with van der Waals surface area (Å²) < 4.78 is 39.3. The number of ketones is 1. The summed E-state index contributed by atoms with van der Waals surface area (Å²) in [6, 6.07) is 4.65. The first-order valence-electron chi connectivity index (χ1n) is 8.25. The summed E-state index contributed by atoms with van der Waals surface area (Å²) in [5.41, 5.74) is 2.77. The molecule has 1 aromatic carbocycles. The Kier molecular flexibility index (Phi) is 4.03. The molecular weight excluding hydrogens is 361 g/mol. The van der Waals surface area contributed by atoms with Crippen LogP contribution in [-0.2, 0) is 14.6 Å². The van der Waals surface area contributed by atoms with Crippen molar-refractivity contribution in [1.82, 2.24) is 5.32 Å². The monoisotopic (exact) mass is 379 g/mol. The van der Waals surface area contributed by atoms with Crippen LogP contribution >= 0.6 is 11.8 Å². The lowest BCUT2D eigenvalue weighted by Crippen LogP contribution is -2.32. The highest BCUT2D eigenvalue weighted by molar-refractivity contribution is 7.98. The summed E-state index contributed by atoms with van der Waals surface area (Å²) in [5.74, 6) is -0.898. The third-order valence-corrected chi connectivity index (χ3v) is 7.72. The van der Waals surface area contributed by atoms with Gasteiger partial charge < -0.3 is 5.32 Å². The molecule has 3 aliphatic rings. The maximum Gasteiger partial charge on any atom is 0.177 e. The predicted molar refractivity (Wildman–Crippen MR) is 95.4 cm³/mol. The summed E-state index contributed by atoms with van der Waals surface area (Å²) >= 11 is 1.27. The molecule has 0 saturated carbocycles. The van der Waals surface area contributed by atoms with Gasteiger partial charge in [0.1, 0.15) is 5.82 Å². The van der Waals surface area contributed by atoms with E-state index in [0.717, 1.165) is 18.5 Å². The average molecular weight is 379 g/mol. The van der Waals surface area contributed by atoms with Crippen molar-refractivity contribution in [3.63, 3.8) is 0 Å². The van der Waals surface area contributed by atoms with Gasteiger partial charge in [0, 0.05) is 34.7 Å². The van der Waals surface area contributed by atoms with Crippen LogP contribution in [-0.4, -0.2) is 26.2 Å². The molecule has 0 fully saturated rings. The number of hydrogen-bond donors (Lipinski definition) is 1. The summed E-state index contributed by atoms with van der Waals surface area (Å²) in [6.07, 6.45) is 4.15. The van der Waals surface area contributed by atoms with Crippen molar-refractivity contribution in [1.29, 1.82) is 0 Å². The number of sulfone groups is 1. The van der Waals surface area contributed by atoms with Gasteiger partial charge in [-0.25, -0.2) is 12.8 Å². The normalized spacial score (nSPS) is 24.9. The Hall–Kier alpha value is -1.60. The molecule has 0 amide bonds. The molecule has 4 rings (SSSR count). The first-order valence-corrected chi connectivity index (χ1v) is 11.1. The molecule has 1 aromatic rings. The number of Topliss-reactive ketones (excluding diaryl/α,β-unsaturated/α-hetero) is 1. The van der Waals surface area contributed by atoms with Crippen LogP contribution in [0.4, 0.5) is 4.39 Å². The predicted octanol–water partition coefficient (Wildman–Crippen LogP) is 3.27. The largest absolute Gasteiger partial charge is 0.361 e. The minimum Gasteiger partial charge on any atom is -0.361 e. The first kappa shape index (κ1) is 16.8. The molecule has 0 unspecified atom stereocenters. The third kappa shape index (κ3) is 2.64. The second-order valence-electron chi connectivity index (χ2n) is 6.53. The van der Waals surface area contributed by atoms with E-state index in [1.54, 1.807) is 18.4 Å². The van der Waals surface area contributed by atoms with Gasteiger partial charge in [-0.05, 0) is 36.8 Å². The number of carbonyl (C=O) groups excluding carboxylic acids is 1. The van der Waals surface area contributed by atoms with Gasteiger partial charge in [0.2, 0.25) is 0 Å². The molecule has 7 heteroatoms. The van der Waals surface area contributed by atoms with Gasteiger partial charge in [-0.3, -0.25) is 4.79 Å². The Balaban J connectivity index is 1.95. The molecule has 4 nitrogen and oxygen atoms in total. The zero-order valence-electron chi connectivity index (χ0n) is 13.8. The van der Waals surface area contributed by atoms with Crippen molar-refractivity contribution in [2.24, 2.45) is 0 Å². The van der Waals surface area contributed by atoms with Crippen LogP contribution < -0.4 is 5.32 Å². The molecule has 25 heavy (non-hydrogen) atoms. The summed E-state index contributed by atoms with van der Waals surface area (Å²) in [7, 11) is -3.42. The van der Waals surface area contributed by atoms with Gasteiger partial charge >= 0.3 is 0 Å². The number of hydrogen-bond acceptors (Lipinski definition) is 5. The van der Waals surface area contributed by atoms with E-state index in [1.165, 1.54) is 17.8 Å². The third-order valence-electron chi connectivity index (χ3n) is 5.07. The number of benzene rings is 1. The van der Waals surface area contributed by atoms with Crippen LogP contribution in [0.3, 0.4) is 0 Å². The van der Waals surface area contributed by atoms with E-state index < -0.39 is 15.8 Å². The van der Waals surface area contributed by atoms with E-state index in [1.807, 2.05) is 0 Å². The van der Waals surface area contributed by atoms with E-state index in [4.69, 9.17) is 0 Å². The van der Waals surface area contributed by atoms with Gasteiger partial charge in [0.05, 0.1) is 16.6 Å². The lowest BCUT2D eigenvalue weighted by Gasteiger charge is -2.33. The fraction of sp³-hybridized carbons (Fsp3) is 0.389. The maximum atomic E-state index is 13.9. The minimum atomic E-state index is -3.42. The Labute approximate surface area is 150 Å². The second-order valence-corrected chi connectivity index (χ2v) is 9.46. The maximum absolute atomic E-state index is 13.9. The summed E-state index contributed by atoms with van der Waals surface area (Å²) in [4.78, 5) is 13.4. The molecule has 1 atom stereocenters. The molecule has 0 bridgehead atoms. The fourth-order valence-electron chi connectivity index (χ4n) is 3.95. The van der Waals surface area contributed by atoms with Gasteiger partial charge in [-0.15, -0.1) is 11.8 Å². The highest BCUT2D eigenvalue weighted by Crippen LogP contribution is 2.47. The van der Waals surface area contributed by atoms with Crippen molar-refractivity contribution in [2.45, 2.75) is 36.5 Å². The van der Waals surface area contributed by atoms with Gasteiger partial charge in [0.15, 0.2) is 15.6 Å². The van der Waals surface area contributed by atoms with Crippen LogP contribution in [0.2, 0.25) is 0 Å². The van der Waals surface area contributed by atoms with Crippen LogP contribution in [0.25, 0.3) is 0 Å². The molecule has 1 N–H and O–H groups in total. The van der Waals surface area contributed by atoms with E-state index in [0.29, 0.717) is 39.5 Å². The lowest BCUT2D eigenvalue weighted by molar-refractivity contribution is -0.116. The highest BCUT2D eigenvalue weighted by Gasteiger charge is 2.44. The molecule has 1 aliphatic carbocycles. The molecule has 0 spiro atoms.